The van der Waals surface area contributed by atoms with E-state index < -0.39 is 12.1 Å². The van der Waals surface area contributed by atoms with E-state index in [0.717, 1.165) is 12.0 Å². The first kappa shape index (κ1) is 12.9. The van der Waals surface area contributed by atoms with E-state index >= 15 is 0 Å². The van der Waals surface area contributed by atoms with Gasteiger partial charge in [0.05, 0.1) is 5.69 Å². The summed E-state index contributed by atoms with van der Waals surface area (Å²) >= 11 is 0. The minimum atomic E-state index is -1.02. The number of aromatic nitrogens is 1. The fraction of sp³-hybridized carbons (Fsp3) is 0.143. The van der Waals surface area contributed by atoms with Gasteiger partial charge in [-0.25, -0.2) is 4.79 Å². The normalized spacial score (nSPS) is 11.8. The van der Waals surface area contributed by atoms with Crippen LogP contribution < -0.4 is 4.74 Å². The summed E-state index contributed by atoms with van der Waals surface area (Å²) in [4.78, 5) is 21.5. The summed E-state index contributed by atoms with van der Waals surface area (Å²) in [6, 6.07) is 10.4. The highest BCUT2D eigenvalue weighted by Gasteiger charge is 2.12. The van der Waals surface area contributed by atoms with E-state index in [9.17, 15) is 9.59 Å². The fourth-order valence-corrected chi connectivity index (χ4v) is 1.67. The van der Waals surface area contributed by atoms with Gasteiger partial charge in [-0.2, -0.15) is 0 Å². The predicted molar refractivity (Wildman–Crippen MR) is 68.9 cm³/mol. The molecule has 1 aromatic heterocycles. The molecule has 1 heterocycles. The van der Waals surface area contributed by atoms with E-state index in [1.54, 1.807) is 47.2 Å². The maximum atomic E-state index is 10.8. The molecule has 0 saturated carbocycles. The third-order valence-corrected chi connectivity index (χ3v) is 2.68. The standard InChI is InChI=1S/C14H13NO4/c1-10(14(17)18)19-13-6-4-11(5-7-13)15-8-2-3-12(15)9-16/h2-10H,1H3,(H,17,18)/t10-/m0/s1. The summed E-state index contributed by atoms with van der Waals surface area (Å²) < 4.78 is 6.96. The van der Waals surface area contributed by atoms with Crippen molar-refractivity contribution in [2.45, 2.75) is 13.0 Å². The van der Waals surface area contributed by atoms with Crippen molar-refractivity contribution in [3.8, 4) is 11.4 Å². The van der Waals surface area contributed by atoms with Gasteiger partial charge in [0, 0.05) is 11.9 Å². The SMILES string of the molecule is C[C@H](Oc1ccc(-n2cccc2C=O)cc1)C(=O)O. The van der Waals surface area contributed by atoms with Crippen LogP contribution in [0.25, 0.3) is 5.69 Å². The molecule has 0 aliphatic rings. The van der Waals surface area contributed by atoms with Crippen LogP contribution in [0.5, 0.6) is 5.75 Å². The number of carbonyl (C=O) groups is 2. The van der Waals surface area contributed by atoms with Crippen molar-refractivity contribution < 1.29 is 19.4 Å². The molecule has 0 saturated heterocycles. The van der Waals surface area contributed by atoms with Gasteiger partial charge in [-0.05, 0) is 43.3 Å². The van der Waals surface area contributed by atoms with Crippen LogP contribution in [-0.2, 0) is 4.79 Å². The average molecular weight is 259 g/mol. The second kappa shape index (κ2) is 5.39. The van der Waals surface area contributed by atoms with E-state index in [1.807, 2.05) is 0 Å². The van der Waals surface area contributed by atoms with Crippen LogP contribution >= 0.6 is 0 Å². The maximum absolute atomic E-state index is 10.8. The van der Waals surface area contributed by atoms with Crippen LogP contribution in [0.15, 0.2) is 42.6 Å². The Morgan fingerprint density at radius 1 is 1.32 bits per heavy atom. The number of aliphatic carboxylic acids is 1. The van der Waals surface area contributed by atoms with Crippen LogP contribution in [0.4, 0.5) is 0 Å². The molecule has 0 amide bonds. The largest absolute Gasteiger partial charge is 0.479 e. The van der Waals surface area contributed by atoms with E-state index in [0.29, 0.717) is 11.4 Å². The Kier molecular flexibility index (Phi) is 3.66. The lowest BCUT2D eigenvalue weighted by atomic mass is 10.3. The summed E-state index contributed by atoms with van der Waals surface area (Å²) in [5.41, 5.74) is 1.36. The molecule has 0 bridgehead atoms. The molecule has 0 spiro atoms. The number of carboxylic acid groups (broad SMARTS) is 1. The summed E-state index contributed by atoms with van der Waals surface area (Å²) in [5, 5.41) is 8.75. The lowest BCUT2D eigenvalue weighted by molar-refractivity contribution is -0.144. The monoisotopic (exact) mass is 259 g/mol. The molecule has 1 aromatic carbocycles. The average Bonchev–Trinajstić information content (AvgIpc) is 2.87. The number of hydrogen-bond donors (Lipinski definition) is 1. The first-order valence-corrected chi connectivity index (χ1v) is 5.74. The number of nitrogens with zero attached hydrogens (tertiary/aromatic N) is 1. The molecule has 98 valence electrons. The topological polar surface area (TPSA) is 68.5 Å². The lowest BCUT2D eigenvalue weighted by Crippen LogP contribution is -2.22. The van der Waals surface area contributed by atoms with Gasteiger partial charge in [0.2, 0.25) is 0 Å². The number of carboxylic acids is 1. The Morgan fingerprint density at radius 3 is 2.58 bits per heavy atom. The van der Waals surface area contributed by atoms with Crippen LogP contribution in [0.2, 0.25) is 0 Å². The minimum Gasteiger partial charge on any atom is -0.479 e. The van der Waals surface area contributed by atoms with Gasteiger partial charge in [0.15, 0.2) is 12.4 Å². The lowest BCUT2D eigenvalue weighted by Gasteiger charge is -2.11. The third kappa shape index (κ3) is 2.82. The number of rotatable bonds is 5. The molecule has 0 unspecified atom stereocenters. The van der Waals surface area contributed by atoms with Crippen molar-refractivity contribution in [3.05, 3.63) is 48.3 Å². The Hall–Kier alpha value is -2.56. The van der Waals surface area contributed by atoms with Gasteiger partial charge in [-0.1, -0.05) is 0 Å². The third-order valence-electron chi connectivity index (χ3n) is 2.68. The Labute approximate surface area is 110 Å². The molecule has 5 nitrogen and oxygen atoms in total. The summed E-state index contributed by atoms with van der Waals surface area (Å²) in [6.07, 6.45) is 1.65. The summed E-state index contributed by atoms with van der Waals surface area (Å²) in [5.74, 6) is -0.545. The molecule has 0 aliphatic carbocycles. The zero-order valence-electron chi connectivity index (χ0n) is 10.3. The fourth-order valence-electron chi connectivity index (χ4n) is 1.67. The van der Waals surface area contributed by atoms with Crippen molar-refractivity contribution in [1.29, 1.82) is 0 Å². The molecule has 0 radical (unpaired) electrons. The summed E-state index contributed by atoms with van der Waals surface area (Å²) in [6.45, 7) is 1.46. The van der Waals surface area contributed by atoms with Gasteiger partial charge in [-0.15, -0.1) is 0 Å². The van der Waals surface area contributed by atoms with Crippen molar-refractivity contribution in [2.24, 2.45) is 0 Å². The molecular weight excluding hydrogens is 246 g/mol. The van der Waals surface area contributed by atoms with Crippen molar-refractivity contribution in [1.82, 2.24) is 4.57 Å². The van der Waals surface area contributed by atoms with Gasteiger partial charge in [0.1, 0.15) is 5.75 Å². The number of aldehydes is 1. The van der Waals surface area contributed by atoms with Crippen LogP contribution in [0.3, 0.4) is 0 Å². The molecular formula is C14H13NO4. The first-order valence-electron chi connectivity index (χ1n) is 5.74. The molecule has 1 N–H and O–H groups in total. The van der Waals surface area contributed by atoms with E-state index in [4.69, 9.17) is 9.84 Å². The zero-order chi connectivity index (χ0) is 13.8. The first-order chi connectivity index (χ1) is 9.11. The van der Waals surface area contributed by atoms with Gasteiger partial charge < -0.3 is 14.4 Å². The highest BCUT2D eigenvalue weighted by Crippen LogP contribution is 2.18. The van der Waals surface area contributed by atoms with Crippen molar-refractivity contribution in [2.75, 3.05) is 0 Å². The molecule has 19 heavy (non-hydrogen) atoms. The highest BCUT2D eigenvalue weighted by molar-refractivity contribution is 5.74. The van der Waals surface area contributed by atoms with Crippen molar-refractivity contribution >= 4 is 12.3 Å². The van der Waals surface area contributed by atoms with E-state index in [2.05, 4.69) is 0 Å². The van der Waals surface area contributed by atoms with Gasteiger partial charge in [-0.3, -0.25) is 4.79 Å². The number of carbonyl (C=O) groups excluding carboxylic acids is 1. The maximum Gasteiger partial charge on any atom is 0.344 e. The summed E-state index contributed by atoms with van der Waals surface area (Å²) in [7, 11) is 0. The number of hydrogen-bond acceptors (Lipinski definition) is 3. The number of benzene rings is 1. The second-order valence-corrected chi connectivity index (χ2v) is 4.01. The minimum absolute atomic E-state index is 0.471. The van der Waals surface area contributed by atoms with Crippen LogP contribution in [0, 0.1) is 0 Å². The highest BCUT2D eigenvalue weighted by atomic mass is 16.5. The predicted octanol–water partition coefficient (Wildman–Crippen LogP) is 2.14. The molecule has 2 rings (SSSR count). The smallest absolute Gasteiger partial charge is 0.344 e. The quantitative estimate of drug-likeness (QED) is 0.835. The molecule has 5 heteroatoms. The van der Waals surface area contributed by atoms with E-state index in [1.165, 1.54) is 6.92 Å². The van der Waals surface area contributed by atoms with Gasteiger partial charge in [0.25, 0.3) is 0 Å². The Morgan fingerprint density at radius 2 is 2.00 bits per heavy atom. The van der Waals surface area contributed by atoms with Crippen LogP contribution in [0.1, 0.15) is 17.4 Å². The molecule has 0 fully saturated rings. The molecule has 0 aliphatic heterocycles. The van der Waals surface area contributed by atoms with Gasteiger partial charge >= 0.3 is 5.97 Å². The molecule has 2 aromatic rings. The Bertz CT molecular complexity index is 586. The van der Waals surface area contributed by atoms with Crippen LogP contribution in [-0.4, -0.2) is 28.0 Å². The van der Waals surface area contributed by atoms with Crippen molar-refractivity contribution in [3.63, 3.8) is 0 Å². The number of ether oxygens (including phenoxy) is 1. The van der Waals surface area contributed by atoms with E-state index in [-0.39, 0.29) is 0 Å². The Balaban J connectivity index is 2.19. The molecule has 1 atom stereocenters. The second-order valence-electron chi connectivity index (χ2n) is 4.01. The zero-order valence-corrected chi connectivity index (χ0v) is 10.3.